The van der Waals surface area contributed by atoms with Crippen LogP contribution in [0.2, 0.25) is 0 Å². The fourth-order valence-corrected chi connectivity index (χ4v) is 9.33. The van der Waals surface area contributed by atoms with Gasteiger partial charge in [-0.1, -0.05) is 18.2 Å². The number of aliphatic imine (C=N–C) groups is 1. The molecule has 3 nitrogen and oxygen atoms in total. The number of amides is 1. The van der Waals surface area contributed by atoms with Crippen molar-refractivity contribution in [2.45, 2.75) is 55.2 Å². The second-order valence-electron chi connectivity index (χ2n) is 9.78. The van der Waals surface area contributed by atoms with Gasteiger partial charge in [0.1, 0.15) is 0 Å². The zero-order valence-electron chi connectivity index (χ0n) is 15.3. The summed E-state index contributed by atoms with van der Waals surface area (Å²) in [5.41, 5.74) is 1.34. The number of hydrogen-bond donors (Lipinski definition) is 1. The van der Waals surface area contributed by atoms with E-state index < -0.39 is 0 Å². The first-order valence-corrected chi connectivity index (χ1v) is 11.5. The van der Waals surface area contributed by atoms with Crippen molar-refractivity contribution in [3.8, 4) is 0 Å². The normalized spacial score (nSPS) is 50.3. The summed E-state index contributed by atoms with van der Waals surface area (Å²) in [5.74, 6) is 4.50. The first-order valence-electron chi connectivity index (χ1n) is 10.5. The highest BCUT2D eigenvalue weighted by molar-refractivity contribution is 8.02. The molecule has 4 saturated carbocycles. The Morgan fingerprint density at radius 1 is 1.12 bits per heavy atom. The van der Waals surface area contributed by atoms with Crippen molar-refractivity contribution in [2.24, 2.45) is 34.6 Å². The van der Waals surface area contributed by atoms with Gasteiger partial charge in [-0.15, -0.1) is 11.8 Å². The molecular weight excluding hydrogens is 340 g/mol. The van der Waals surface area contributed by atoms with Gasteiger partial charge < -0.3 is 5.32 Å². The minimum atomic E-state index is -0.0313. The van der Waals surface area contributed by atoms with Gasteiger partial charge in [-0.25, -0.2) is 0 Å². The third-order valence-electron chi connectivity index (χ3n) is 8.13. The van der Waals surface area contributed by atoms with Crippen molar-refractivity contribution in [1.29, 1.82) is 0 Å². The van der Waals surface area contributed by atoms with Crippen LogP contribution in [-0.4, -0.2) is 34.2 Å². The summed E-state index contributed by atoms with van der Waals surface area (Å²) in [4.78, 5) is 18.2. The molecule has 0 aromatic rings. The second kappa shape index (κ2) is 5.50. The molecule has 3 atom stereocenters. The maximum atomic E-state index is 13.4. The van der Waals surface area contributed by atoms with Gasteiger partial charge in [0.05, 0.1) is 16.4 Å². The third kappa shape index (κ3) is 2.20. The topological polar surface area (TPSA) is 41.5 Å². The number of carbonyl (C=O) groups excluding carboxylic acids is 1. The second-order valence-corrected chi connectivity index (χ2v) is 11.1. The SMILES string of the molecule is O=C(NC12CC3CC(CC(C3)C1)C2)C1CSC23C=CC=CC2=NCCC13. The Hall–Kier alpha value is -1.03. The summed E-state index contributed by atoms with van der Waals surface area (Å²) in [5, 5.41) is 3.66. The minimum absolute atomic E-state index is 0.0313. The Morgan fingerprint density at radius 3 is 2.58 bits per heavy atom. The maximum absolute atomic E-state index is 13.4. The lowest BCUT2D eigenvalue weighted by Crippen LogP contribution is -2.61. The minimum Gasteiger partial charge on any atom is -0.350 e. The first-order chi connectivity index (χ1) is 12.7. The molecule has 5 fully saturated rings. The number of hydrogen-bond acceptors (Lipinski definition) is 3. The van der Waals surface area contributed by atoms with E-state index in [4.69, 9.17) is 4.99 Å². The van der Waals surface area contributed by atoms with Crippen LogP contribution in [0.15, 0.2) is 29.3 Å². The van der Waals surface area contributed by atoms with E-state index in [1.54, 1.807) is 0 Å². The highest BCUT2D eigenvalue weighted by Crippen LogP contribution is 2.57. The van der Waals surface area contributed by atoms with Gasteiger partial charge in [-0.05, 0) is 74.7 Å². The predicted octanol–water partition coefficient (Wildman–Crippen LogP) is 3.76. The Labute approximate surface area is 160 Å². The van der Waals surface area contributed by atoms with Crippen molar-refractivity contribution >= 4 is 23.4 Å². The Balaban J connectivity index is 1.24. The van der Waals surface area contributed by atoms with Gasteiger partial charge in [-0.2, -0.15) is 0 Å². The average molecular weight is 369 g/mol. The molecular formula is C22H28N2OS. The molecule has 1 saturated heterocycles. The monoisotopic (exact) mass is 368 g/mol. The van der Waals surface area contributed by atoms with E-state index in [0.717, 1.165) is 36.5 Å². The van der Waals surface area contributed by atoms with E-state index in [0.29, 0.717) is 11.8 Å². The molecule has 2 aliphatic heterocycles. The van der Waals surface area contributed by atoms with Crippen molar-refractivity contribution in [1.82, 2.24) is 5.32 Å². The van der Waals surface area contributed by atoms with E-state index in [-0.39, 0.29) is 16.2 Å². The largest absolute Gasteiger partial charge is 0.350 e. The van der Waals surface area contributed by atoms with Gasteiger partial charge >= 0.3 is 0 Å². The van der Waals surface area contributed by atoms with Gasteiger partial charge in [0.15, 0.2) is 0 Å². The molecule has 0 radical (unpaired) electrons. The van der Waals surface area contributed by atoms with Crippen LogP contribution in [-0.2, 0) is 4.79 Å². The number of thioether (sulfide) groups is 1. The molecule has 26 heavy (non-hydrogen) atoms. The molecule has 5 aliphatic carbocycles. The van der Waals surface area contributed by atoms with Gasteiger partial charge in [-0.3, -0.25) is 9.79 Å². The van der Waals surface area contributed by atoms with Crippen molar-refractivity contribution in [3.63, 3.8) is 0 Å². The Bertz CT molecular complexity index is 703. The maximum Gasteiger partial charge on any atom is 0.224 e. The van der Waals surface area contributed by atoms with Crippen LogP contribution < -0.4 is 5.32 Å². The number of carbonyl (C=O) groups is 1. The zero-order chi connectivity index (χ0) is 17.4. The molecule has 1 N–H and O–H groups in total. The lowest BCUT2D eigenvalue weighted by atomic mass is 9.53. The molecule has 2 heterocycles. The fourth-order valence-electron chi connectivity index (χ4n) is 7.54. The molecule has 4 bridgehead atoms. The first kappa shape index (κ1) is 16.0. The van der Waals surface area contributed by atoms with E-state index >= 15 is 0 Å². The van der Waals surface area contributed by atoms with Gasteiger partial charge in [0, 0.05) is 17.8 Å². The van der Waals surface area contributed by atoms with Gasteiger partial charge in [0.25, 0.3) is 0 Å². The highest BCUT2D eigenvalue weighted by atomic mass is 32.2. The molecule has 3 unspecified atom stereocenters. The van der Waals surface area contributed by atoms with Crippen molar-refractivity contribution < 1.29 is 4.79 Å². The van der Waals surface area contributed by atoms with Crippen LogP contribution in [0.3, 0.4) is 0 Å². The van der Waals surface area contributed by atoms with Crippen LogP contribution in [0.4, 0.5) is 0 Å². The number of nitrogens with one attached hydrogen (secondary N) is 1. The van der Waals surface area contributed by atoms with Crippen LogP contribution >= 0.6 is 11.8 Å². The Kier molecular flexibility index (Phi) is 3.38. The molecule has 4 heteroatoms. The van der Waals surface area contributed by atoms with Crippen LogP contribution in [0.1, 0.15) is 44.9 Å². The summed E-state index contributed by atoms with van der Waals surface area (Å²) in [7, 11) is 0. The molecule has 1 spiro atoms. The molecule has 138 valence electrons. The smallest absolute Gasteiger partial charge is 0.224 e. The molecule has 1 amide bonds. The van der Waals surface area contributed by atoms with Crippen molar-refractivity contribution in [3.05, 3.63) is 24.3 Å². The average Bonchev–Trinajstić information content (AvgIpc) is 2.98. The third-order valence-corrected chi connectivity index (χ3v) is 9.78. The lowest BCUT2D eigenvalue weighted by Gasteiger charge is -2.57. The fraction of sp³-hybridized carbons (Fsp3) is 0.727. The number of allylic oxidation sites excluding steroid dienone is 3. The van der Waals surface area contributed by atoms with Crippen molar-refractivity contribution in [2.75, 3.05) is 12.3 Å². The molecule has 0 aromatic heterocycles. The van der Waals surface area contributed by atoms with Crippen LogP contribution in [0.25, 0.3) is 0 Å². The summed E-state index contributed by atoms with van der Waals surface area (Å²) >= 11 is 1.96. The summed E-state index contributed by atoms with van der Waals surface area (Å²) in [6.45, 7) is 0.877. The summed E-state index contributed by atoms with van der Waals surface area (Å²) in [6, 6.07) is 0. The highest BCUT2D eigenvalue weighted by Gasteiger charge is 2.56. The summed E-state index contributed by atoms with van der Waals surface area (Å²) < 4.78 is -0.0313. The van der Waals surface area contributed by atoms with Crippen LogP contribution in [0, 0.1) is 29.6 Å². The van der Waals surface area contributed by atoms with E-state index in [9.17, 15) is 4.79 Å². The molecule has 7 aliphatic rings. The van der Waals surface area contributed by atoms with E-state index in [2.05, 4.69) is 29.6 Å². The predicted molar refractivity (Wildman–Crippen MR) is 106 cm³/mol. The van der Waals surface area contributed by atoms with Crippen LogP contribution in [0.5, 0.6) is 0 Å². The summed E-state index contributed by atoms with van der Waals surface area (Å²) in [6.07, 6.45) is 17.8. The molecule has 0 aromatic carbocycles. The van der Waals surface area contributed by atoms with E-state index in [1.807, 2.05) is 11.8 Å². The van der Waals surface area contributed by atoms with E-state index in [1.165, 1.54) is 44.2 Å². The quantitative estimate of drug-likeness (QED) is 0.806. The standard InChI is InChI=1S/C22H28N2OS/c25-20(24-21-10-14-7-15(11-21)9-16(8-14)12-21)17-13-26-22-5-2-1-3-19(22)23-6-4-18(17)22/h1-3,5,14-18H,4,6-13H2,(H,24,25). The molecule has 7 rings (SSSR count). The number of rotatable bonds is 2. The lowest BCUT2D eigenvalue weighted by molar-refractivity contribution is -0.131. The Morgan fingerprint density at radius 2 is 1.85 bits per heavy atom. The number of nitrogens with zero attached hydrogens (tertiary/aromatic N) is 1. The van der Waals surface area contributed by atoms with Gasteiger partial charge in [0.2, 0.25) is 5.91 Å². The zero-order valence-corrected chi connectivity index (χ0v) is 16.1.